The van der Waals surface area contributed by atoms with Crippen molar-refractivity contribution in [2.75, 3.05) is 37.0 Å². The number of nitrogens with zero attached hydrogens (tertiary/aromatic N) is 3. The second-order valence-electron chi connectivity index (χ2n) is 7.36. The average Bonchev–Trinajstić information content (AvgIpc) is 3.06. The summed E-state index contributed by atoms with van der Waals surface area (Å²) in [5, 5.41) is 2.85. The van der Waals surface area contributed by atoms with Crippen LogP contribution < -0.4 is 4.31 Å². The molecule has 0 unspecified atom stereocenters. The fraction of sp³-hybridized carbons (Fsp3) is 0.350. The van der Waals surface area contributed by atoms with Crippen molar-refractivity contribution in [3.8, 4) is 0 Å². The Hall–Kier alpha value is -2.43. The van der Waals surface area contributed by atoms with Crippen molar-refractivity contribution in [2.24, 2.45) is 0 Å². The molecule has 1 heterocycles. The summed E-state index contributed by atoms with van der Waals surface area (Å²) < 4.78 is 51.6. The Kier molecular flexibility index (Phi) is 6.21. The minimum absolute atomic E-state index is 0.00159. The molecule has 0 aliphatic carbocycles. The van der Waals surface area contributed by atoms with Gasteiger partial charge in [-0.1, -0.05) is 30.3 Å². The van der Waals surface area contributed by atoms with Crippen molar-refractivity contribution < 1.29 is 21.6 Å². The highest BCUT2D eigenvalue weighted by atomic mass is 32.2. The molecule has 0 bridgehead atoms. The van der Waals surface area contributed by atoms with Crippen molar-refractivity contribution in [3.63, 3.8) is 0 Å². The number of sulfone groups is 1. The van der Waals surface area contributed by atoms with Crippen LogP contribution in [0.15, 0.2) is 59.5 Å². The van der Waals surface area contributed by atoms with Gasteiger partial charge >= 0.3 is 0 Å². The number of hydrogen-bond acceptors (Lipinski definition) is 6. The van der Waals surface area contributed by atoms with Crippen LogP contribution in [0, 0.1) is 0 Å². The van der Waals surface area contributed by atoms with Crippen molar-refractivity contribution in [3.05, 3.63) is 60.2 Å². The number of para-hydroxylation sites is 1. The maximum Gasteiger partial charge on any atom is 0.269 e. The third kappa shape index (κ3) is 4.35. The smallest absolute Gasteiger partial charge is 0.269 e. The van der Waals surface area contributed by atoms with E-state index in [0.29, 0.717) is 12.1 Å². The van der Waals surface area contributed by atoms with Crippen LogP contribution in [0.4, 0.5) is 5.69 Å². The number of rotatable bonds is 6. The van der Waals surface area contributed by atoms with E-state index < -0.39 is 31.8 Å². The van der Waals surface area contributed by atoms with Gasteiger partial charge in [0.1, 0.15) is 4.90 Å². The molecule has 0 aromatic heterocycles. The van der Waals surface area contributed by atoms with Gasteiger partial charge in [-0.05, 0) is 30.7 Å². The first-order valence-electron chi connectivity index (χ1n) is 9.39. The maximum absolute atomic E-state index is 13.4. The van der Waals surface area contributed by atoms with Crippen molar-refractivity contribution in [1.29, 1.82) is 0 Å². The van der Waals surface area contributed by atoms with E-state index in [1.165, 1.54) is 29.2 Å². The van der Waals surface area contributed by atoms with E-state index >= 15 is 0 Å². The molecule has 1 aliphatic heterocycles. The van der Waals surface area contributed by atoms with Gasteiger partial charge in [0.25, 0.3) is 15.9 Å². The Balaban J connectivity index is 2.02. The van der Waals surface area contributed by atoms with Crippen molar-refractivity contribution in [2.45, 2.75) is 17.4 Å². The summed E-state index contributed by atoms with van der Waals surface area (Å²) in [6.45, 7) is 0. The lowest BCUT2D eigenvalue weighted by atomic mass is 10.1. The first-order chi connectivity index (χ1) is 14.0. The number of anilines is 1. The first-order valence-corrected chi connectivity index (χ1v) is 12.6. The molecule has 3 rings (SSSR count). The first kappa shape index (κ1) is 22.3. The van der Waals surface area contributed by atoms with Crippen LogP contribution in [-0.2, 0) is 19.9 Å². The number of benzene rings is 2. The molecule has 0 saturated carbocycles. The Labute approximate surface area is 177 Å². The molecule has 1 aliphatic rings. The molecule has 2 aromatic rings. The largest absolute Gasteiger partial charge is 0.269 e. The monoisotopic (exact) mass is 451 g/mol. The second kappa shape index (κ2) is 8.37. The van der Waals surface area contributed by atoms with Crippen LogP contribution >= 0.6 is 0 Å². The van der Waals surface area contributed by atoms with Gasteiger partial charge in [0.15, 0.2) is 9.84 Å². The minimum Gasteiger partial charge on any atom is -0.269 e. The molecular formula is C20H25N3O5S2. The Morgan fingerprint density at radius 3 is 2.13 bits per heavy atom. The summed E-state index contributed by atoms with van der Waals surface area (Å²) in [5.41, 5.74) is 0.462. The maximum atomic E-state index is 13.4. The van der Waals surface area contributed by atoms with Crippen LogP contribution in [-0.4, -0.2) is 71.5 Å². The fourth-order valence-electron chi connectivity index (χ4n) is 3.56. The van der Waals surface area contributed by atoms with Gasteiger partial charge in [0.2, 0.25) is 0 Å². The van der Waals surface area contributed by atoms with Crippen LogP contribution in [0.1, 0.15) is 16.8 Å². The van der Waals surface area contributed by atoms with Gasteiger partial charge in [-0.25, -0.2) is 21.8 Å². The van der Waals surface area contributed by atoms with Gasteiger partial charge in [0, 0.05) is 21.1 Å². The third-order valence-corrected chi connectivity index (χ3v) is 8.66. The number of carbonyl (C=O) groups is 1. The Morgan fingerprint density at radius 1 is 0.967 bits per heavy atom. The highest BCUT2D eigenvalue weighted by Gasteiger charge is 2.38. The van der Waals surface area contributed by atoms with Gasteiger partial charge in [-0.15, -0.1) is 0 Å². The molecule has 1 atom stereocenters. The SMILES string of the molecule is CN(C)N(C(=O)c1ccccc1S(=O)(=O)N(C)c1ccccc1)[C@@H]1CCS(=O)(=O)C1. The molecular weight excluding hydrogens is 426 g/mol. The normalized spacial score (nSPS) is 18.3. The predicted molar refractivity (Wildman–Crippen MR) is 115 cm³/mol. The summed E-state index contributed by atoms with van der Waals surface area (Å²) in [7, 11) is -2.55. The van der Waals surface area contributed by atoms with E-state index in [9.17, 15) is 21.6 Å². The molecule has 1 amide bonds. The molecule has 0 spiro atoms. The number of hydrogen-bond donors (Lipinski definition) is 0. The number of carbonyl (C=O) groups excluding carboxylic acids is 1. The quantitative estimate of drug-likeness (QED) is 0.620. The van der Waals surface area contributed by atoms with Crippen molar-refractivity contribution in [1.82, 2.24) is 10.0 Å². The van der Waals surface area contributed by atoms with E-state index in [2.05, 4.69) is 0 Å². The molecule has 30 heavy (non-hydrogen) atoms. The zero-order valence-corrected chi connectivity index (χ0v) is 18.7. The zero-order chi connectivity index (χ0) is 22.1. The zero-order valence-electron chi connectivity index (χ0n) is 17.1. The Bertz CT molecular complexity index is 1130. The minimum atomic E-state index is -4.02. The summed E-state index contributed by atoms with van der Waals surface area (Å²) >= 11 is 0. The van der Waals surface area contributed by atoms with Gasteiger partial charge < -0.3 is 0 Å². The van der Waals surface area contributed by atoms with E-state index in [-0.39, 0.29) is 22.0 Å². The lowest BCUT2D eigenvalue weighted by Crippen LogP contribution is -2.49. The summed E-state index contributed by atoms with van der Waals surface area (Å²) in [6, 6.07) is 14.0. The molecule has 2 aromatic carbocycles. The lowest BCUT2D eigenvalue weighted by Gasteiger charge is -2.34. The number of amides is 1. The van der Waals surface area contributed by atoms with E-state index in [1.807, 2.05) is 0 Å². The van der Waals surface area contributed by atoms with Gasteiger partial charge in [0.05, 0.1) is 28.8 Å². The standard InChI is InChI=1S/C20H25N3O5S2/c1-21(2)23(17-13-14-29(25,26)15-17)20(24)18-11-7-8-12-19(18)30(27,28)22(3)16-9-5-4-6-10-16/h4-12,17H,13-15H2,1-3H3/t17-/m1/s1. The summed E-state index contributed by atoms with van der Waals surface area (Å²) in [4.78, 5) is 13.3. The van der Waals surface area contributed by atoms with E-state index in [1.54, 1.807) is 56.6 Å². The van der Waals surface area contributed by atoms with Gasteiger partial charge in [-0.3, -0.25) is 14.1 Å². The average molecular weight is 452 g/mol. The van der Waals surface area contributed by atoms with Crippen LogP contribution in [0.2, 0.25) is 0 Å². The Morgan fingerprint density at radius 2 is 1.57 bits per heavy atom. The molecule has 1 fully saturated rings. The van der Waals surface area contributed by atoms with Crippen LogP contribution in [0.5, 0.6) is 0 Å². The van der Waals surface area contributed by atoms with E-state index in [0.717, 1.165) is 4.31 Å². The molecule has 0 N–H and O–H groups in total. The lowest BCUT2D eigenvalue weighted by molar-refractivity contribution is 0.000657. The number of hydrazine groups is 1. The molecule has 1 saturated heterocycles. The topological polar surface area (TPSA) is 95.1 Å². The highest BCUT2D eigenvalue weighted by molar-refractivity contribution is 7.93. The highest BCUT2D eigenvalue weighted by Crippen LogP contribution is 2.27. The fourth-order valence-corrected chi connectivity index (χ4v) is 6.63. The molecule has 0 radical (unpaired) electrons. The second-order valence-corrected chi connectivity index (χ2v) is 11.5. The summed E-state index contributed by atoms with van der Waals surface area (Å²) in [6.07, 6.45) is 0.311. The molecule has 10 heteroatoms. The molecule has 8 nitrogen and oxygen atoms in total. The summed E-state index contributed by atoms with van der Waals surface area (Å²) in [5.74, 6) is -0.690. The predicted octanol–water partition coefficient (Wildman–Crippen LogP) is 1.62. The van der Waals surface area contributed by atoms with Crippen LogP contribution in [0.25, 0.3) is 0 Å². The van der Waals surface area contributed by atoms with E-state index in [4.69, 9.17) is 0 Å². The van der Waals surface area contributed by atoms with Crippen molar-refractivity contribution >= 4 is 31.5 Å². The van der Waals surface area contributed by atoms with Crippen LogP contribution in [0.3, 0.4) is 0 Å². The van der Waals surface area contributed by atoms with Gasteiger partial charge in [-0.2, -0.15) is 0 Å². The molecule has 162 valence electrons. The number of sulfonamides is 1. The third-order valence-electron chi connectivity index (χ3n) is 5.07.